The van der Waals surface area contributed by atoms with Crippen molar-refractivity contribution in [2.24, 2.45) is 0 Å². The molecule has 0 spiro atoms. The van der Waals surface area contributed by atoms with Crippen LogP contribution >= 0.6 is 11.8 Å². The van der Waals surface area contributed by atoms with Crippen LogP contribution in [0, 0.1) is 0 Å². The highest BCUT2D eigenvalue weighted by Crippen LogP contribution is 2.23. The molecule has 4 heteroatoms. The van der Waals surface area contributed by atoms with Gasteiger partial charge in [-0.1, -0.05) is 19.9 Å². The molecule has 0 fully saturated rings. The van der Waals surface area contributed by atoms with Gasteiger partial charge in [-0.15, -0.1) is 11.8 Å². The highest BCUT2D eigenvalue weighted by molar-refractivity contribution is 7.98. The third kappa shape index (κ3) is 4.54. The van der Waals surface area contributed by atoms with Crippen molar-refractivity contribution < 1.29 is 4.74 Å². The van der Waals surface area contributed by atoms with Gasteiger partial charge in [0.05, 0.1) is 5.69 Å². The molecule has 3 nitrogen and oxygen atoms in total. The van der Waals surface area contributed by atoms with E-state index in [0.717, 1.165) is 18.0 Å². The number of nitrogens with one attached hydrogen (secondary N) is 1. The molecule has 0 saturated carbocycles. The van der Waals surface area contributed by atoms with Gasteiger partial charge in [-0.05, 0) is 36.6 Å². The Hall–Kier alpha value is -1.52. The second-order valence-corrected chi connectivity index (χ2v) is 5.66. The van der Waals surface area contributed by atoms with Crippen molar-refractivity contribution in [1.82, 2.24) is 10.3 Å². The number of ether oxygens (including phenoxy) is 1. The molecule has 0 aliphatic heterocycles. The molecule has 1 N–H and O–H groups in total. The highest BCUT2D eigenvalue weighted by Gasteiger charge is 2.02. The molecule has 1 heterocycles. The van der Waals surface area contributed by atoms with Crippen molar-refractivity contribution in [3.63, 3.8) is 0 Å². The van der Waals surface area contributed by atoms with Crippen LogP contribution < -0.4 is 10.1 Å². The number of benzene rings is 1. The van der Waals surface area contributed by atoms with Gasteiger partial charge in [0.2, 0.25) is 5.88 Å². The Morgan fingerprint density at radius 3 is 2.55 bits per heavy atom. The molecule has 20 heavy (non-hydrogen) atoms. The molecule has 0 radical (unpaired) electrons. The first-order valence-corrected chi connectivity index (χ1v) is 7.91. The lowest BCUT2D eigenvalue weighted by Gasteiger charge is -2.09. The first kappa shape index (κ1) is 14.9. The van der Waals surface area contributed by atoms with E-state index in [1.54, 1.807) is 11.8 Å². The van der Waals surface area contributed by atoms with Gasteiger partial charge in [-0.2, -0.15) is 0 Å². The van der Waals surface area contributed by atoms with E-state index in [-0.39, 0.29) is 0 Å². The Labute approximate surface area is 124 Å². The Morgan fingerprint density at radius 1 is 1.15 bits per heavy atom. The molecular formula is C16H20N2OS. The molecule has 0 atom stereocenters. The topological polar surface area (TPSA) is 34.1 Å². The minimum Gasteiger partial charge on any atom is -0.439 e. The molecule has 1 aromatic carbocycles. The lowest BCUT2D eigenvalue weighted by Crippen LogP contribution is -2.22. The van der Waals surface area contributed by atoms with E-state index in [0.29, 0.717) is 11.9 Å². The second kappa shape index (κ2) is 7.31. The van der Waals surface area contributed by atoms with Gasteiger partial charge in [0.25, 0.3) is 0 Å². The summed E-state index contributed by atoms with van der Waals surface area (Å²) in [6.07, 6.45) is 2.06. The van der Waals surface area contributed by atoms with Gasteiger partial charge in [0.1, 0.15) is 5.75 Å². The predicted octanol–water partition coefficient (Wildman–Crippen LogP) is 4.09. The number of hydrogen-bond donors (Lipinski definition) is 1. The molecule has 2 aromatic rings. The maximum Gasteiger partial charge on any atom is 0.219 e. The van der Waals surface area contributed by atoms with Gasteiger partial charge in [-0.3, -0.25) is 0 Å². The van der Waals surface area contributed by atoms with Crippen LogP contribution in [0.3, 0.4) is 0 Å². The SMILES string of the molecule is CSc1ccc(Oc2cccc(CNC(C)C)n2)cc1. The van der Waals surface area contributed by atoms with E-state index in [9.17, 15) is 0 Å². The number of hydrogen-bond acceptors (Lipinski definition) is 4. The summed E-state index contributed by atoms with van der Waals surface area (Å²) in [4.78, 5) is 5.72. The zero-order chi connectivity index (χ0) is 14.4. The Kier molecular flexibility index (Phi) is 5.44. The van der Waals surface area contributed by atoms with Crippen LogP contribution in [0.5, 0.6) is 11.6 Å². The van der Waals surface area contributed by atoms with Crippen LogP contribution in [0.1, 0.15) is 19.5 Å². The van der Waals surface area contributed by atoms with Crippen molar-refractivity contribution in [1.29, 1.82) is 0 Å². The summed E-state index contributed by atoms with van der Waals surface area (Å²) in [6, 6.07) is 14.3. The van der Waals surface area contributed by atoms with Crippen LogP contribution in [0.2, 0.25) is 0 Å². The number of nitrogens with zero attached hydrogens (tertiary/aromatic N) is 1. The molecule has 0 amide bonds. The number of pyridine rings is 1. The van der Waals surface area contributed by atoms with Crippen molar-refractivity contribution >= 4 is 11.8 Å². The standard InChI is InChI=1S/C16H20N2OS/c1-12(2)17-11-13-5-4-6-16(18-13)19-14-7-9-15(20-3)10-8-14/h4-10,12,17H,11H2,1-3H3. The third-order valence-electron chi connectivity index (χ3n) is 2.75. The van der Waals surface area contributed by atoms with E-state index in [1.165, 1.54) is 4.90 Å². The van der Waals surface area contributed by atoms with Gasteiger partial charge in [-0.25, -0.2) is 4.98 Å². The lowest BCUT2D eigenvalue weighted by molar-refractivity contribution is 0.458. The molecule has 1 aromatic heterocycles. The van der Waals surface area contributed by atoms with Crippen LogP contribution in [0.15, 0.2) is 47.4 Å². The molecule has 0 bridgehead atoms. The summed E-state index contributed by atoms with van der Waals surface area (Å²) in [5.41, 5.74) is 0.983. The first-order valence-electron chi connectivity index (χ1n) is 6.68. The maximum absolute atomic E-state index is 5.78. The Morgan fingerprint density at radius 2 is 1.90 bits per heavy atom. The molecule has 0 unspecified atom stereocenters. The normalized spacial score (nSPS) is 10.8. The van der Waals surface area contributed by atoms with Crippen molar-refractivity contribution in [3.8, 4) is 11.6 Å². The molecule has 0 aliphatic rings. The summed E-state index contributed by atoms with van der Waals surface area (Å²) in [6.45, 7) is 4.99. The minimum atomic E-state index is 0.445. The quantitative estimate of drug-likeness (QED) is 0.812. The third-order valence-corrected chi connectivity index (χ3v) is 3.50. The molecule has 2 rings (SSSR count). The van der Waals surface area contributed by atoms with Gasteiger partial charge >= 0.3 is 0 Å². The predicted molar refractivity (Wildman–Crippen MR) is 84.5 cm³/mol. The van der Waals surface area contributed by atoms with E-state index in [1.807, 2.05) is 42.5 Å². The Balaban J connectivity index is 2.02. The lowest BCUT2D eigenvalue weighted by atomic mass is 10.3. The number of thioether (sulfide) groups is 1. The largest absolute Gasteiger partial charge is 0.439 e. The Bertz CT molecular complexity index is 540. The zero-order valence-corrected chi connectivity index (χ0v) is 12.9. The maximum atomic E-state index is 5.78. The number of rotatable bonds is 6. The monoisotopic (exact) mass is 288 g/mol. The van der Waals surface area contributed by atoms with Crippen LogP contribution in [0.25, 0.3) is 0 Å². The van der Waals surface area contributed by atoms with Crippen LogP contribution in [-0.2, 0) is 6.54 Å². The average Bonchev–Trinajstić information content (AvgIpc) is 2.46. The number of aromatic nitrogens is 1. The van der Waals surface area contributed by atoms with E-state index < -0.39 is 0 Å². The van der Waals surface area contributed by atoms with Gasteiger partial charge in [0.15, 0.2) is 0 Å². The minimum absolute atomic E-state index is 0.445. The van der Waals surface area contributed by atoms with Crippen LogP contribution in [-0.4, -0.2) is 17.3 Å². The van der Waals surface area contributed by atoms with E-state index in [4.69, 9.17) is 4.74 Å². The summed E-state index contributed by atoms with van der Waals surface area (Å²) in [7, 11) is 0. The summed E-state index contributed by atoms with van der Waals surface area (Å²) < 4.78 is 5.78. The molecule has 106 valence electrons. The molecular weight excluding hydrogens is 268 g/mol. The second-order valence-electron chi connectivity index (χ2n) is 4.78. The fourth-order valence-corrected chi connectivity index (χ4v) is 2.09. The average molecular weight is 288 g/mol. The molecule has 0 saturated heterocycles. The van der Waals surface area contributed by atoms with Crippen molar-refractivity contribution in [2.45, 2.75) is 31.3 Å². The first-order chi connectivity index (χ1) is 9.67. The van der Waals surface area contributed by atoms with Crippen LogP contribution in [0.4, 0.5) is 0 Å². The fourth-order valence-electron chi connectivity index (χ4n) is 1.69. The fraction of sp³-hybridized carbons (Fsp3) is 0.312. The molecule has 0 aliphatic carbocycles. The summed E-state index contributed by atoms with van der Waals surface area (Å²) in [5, 5.41) is 3.35. The highest BCUT2D eigenvalue weighted by atomic mass is 32.2. The van der Waals surface area contributed by atoms with E-state index >= 15 is 0 Å². The van der Waals surface area contributed by atoms with Gasteiger partial charge < -0.3 is 10.1 Å². The van der Waals surface area contributed by atoms with E-state index in [2.05, 4.69) is 30.4 Å². The smallest absolute Gasteiger partial charge is 0.219 e. The summed E-state index contributed by atoms with van der Waals surface area (Å²) in [5.74, 6) is 1.44. The van der Waals surface area contributed by atoms with Crippen molar-refractivity contribution in [2.75, 3.05) is 6.26 Å². The van der Waals surface area contributed by atoms with Gasteiger partial charge in [0, 0.05) is 23.5 Å². The summed E-state index contributed by atoms with van der Waals surface area (Å²) >= 11 is 1.72. The zero-order valence-electron chi connectivity index (χ0n) is 12.1. The van der Waals surface area contributed by atoms with Crippen molar-refractivity contribution in [3.05, 3.63) is 48.2 Å².